The summed E-state index contributed by atoms with van der Waals surface area (Å²) < 4.78 is 5.90. The summed E-state index contributed by atoms with van der Waals surface area (Å²) >= 11 is 0. The predicted octanol–water partition coefficient (Wildman–Crippen LogP) is 3.67. The summed E-state index contributed by atoms with van der Waals surface area (Å²) in [4.78, 5) is 2.57. The SMILES string of the molecule is CCC(CC)N(CCOc1cccc(CN)c1)CC(C)C. The molecule has 1 aromatic rings. The van der Waals surface area contributed by atoms with E-state index in [1.54, 1.807) is 0 Å². The molecule has 21 heavy (non-hydrogen) atoms. The Morgan fingerprint density at radius 1 is 1.19 bits per heavy atom. The van der Waals surface area contributed by atoms with Crippen molar-refractivity contribution < 1.29 is 4.74 Å². The zero-order valence-corrected chi connectivity index (χ0v) is 14.1. The molecule has 0 aromatic heterocycles. The lowest BCUT2D eigenvalue weighted by atomic mass is 10.1. The molecule has 0 unspecified atom stereocenters. The molecular formula is C18H32N2O. The van der Waals surface area contributed by atoms with Gasteiger partial charge in [0.1, 0.15) is 12.4 Å². The number of ether oxygens (including phenoxy) is 1. The van der Waals surface area contributed by atoms with E-state index in [-0.39, 0.29) is 0 Å². The molecule has 0 aliphatic heterocycles. The van der Waals surface area contributed by atoms with Crippen LogP contribution in [0.1, 0.15) is 46.1 Å². The summed E-state index contributed by atoms with van der Waals surface area (Å²) in [5.41, 5.74) is 6.78. The van der Waals surface area contributed by atoms with E-state index in [0.29, 0.717) is 18.5 Å². The maximum atomic E-state index is 5.90. The van der Waals surface area contributed by atoms with Crippen LogP contribution in [0.4, 0.5) is 0 Å². The summed E-state index contributed by atoms with van der Waals surface area (Å²) in [6.07, 6.45) is 2.40. The second-order valence-corrected chi connectivity index (χ2v) is 6.06. The normalized spacial score (nSPS) is 11.6. The van der Waals surface area contributed by atoms with Crippen LogP contribution in [-0.4, -0.2) is 30.6 Å². The summed E-state index contributed by atoms with van der Waals surface area (Å²) in [5, 5.41) is 0. The van der Waals surface area contributed by atoms with E-state index in [2.05, 4.69) is 32.6 Å². The average molecular weight is 292 g/mol. The van der Waals surface area contributed by atoms with Gasteiger partial charge in [0.2, 0.25) is 0 Å². The lowest BCUT2D eigenvalue weighted by Crippen LogP contribution is -2.39. The number of benzene rings is 1. The summed E-state index contributed by atoms with van der Waals surface area (Å²) in [5.74, 6) is 1.61. The highest BCUT2D eigenvalue weighted by atomic mass is 16.5. The molecule has 120 valence electrons. The molecule has 3 heteroatoms. The first-order chi connectivity index (χ1) is 10.1. The summed E-state index contributed by atoms with van der Waals surface area (Å²) in [7, 11) is 0. The molecule has 1 aromatic carbocycles. The molecule has 0 amide bonds. The fourth-order valence-corrected chi connectivity index (χ4v) is 2.74. The molecule has 0 saturated heterocycles. The van der Waals surface area contributed by atoms with Gasteiger partial charge in [0, 0.05) is 25.7 Å². The highest BCUT2D eigenvalue weighted by Crippen LogP contribution is 2.14. The van der Waals surface area contributed by atoms with Crippen molar-refractivity contribution >= 4 is 0 Å². The quantitative estimate of drug-likeness (QED) is 0.715. The lowest BCUT2D eigenvalue weighted by molar-refractivity contribution is 0.137. The van der Waals surface area contributed by atoms with E-state index in [1.807, 2.05) is 24.3 Å². The summed E-state index contributed by atoms with van der Waals surface area (Å²) in [6, 6.07) is 8.73. The predicted molar refractivity (Wildman–Crippen MR) is 90.6 cm³/mol. The van der Waals surface area contributed by atoms with Crippen LogP contribution in [0.15, 0.2) is 24.3 Å². The Morgan fingerprint density at radius 2 is 1.90 bits per heavy atom. The molecule has 0 radical (unpaired) electrons. The zero-order chi connectivity index (χ0) is 15.7. The van der Waals surface area contributed by atoms with Crippen molar-refractivity contribution in [1.82, 2.24) is 4.90 Å². The van der Waals surface area contributed by atoms with Crippen LogP contribution in [0, 0.1) is 5.92 Å². The monoisotopic (exact) mass is 292 g/mol. The molecule has 0 saturated carbocycles. The number of nitrogens with zero attached hydrogens (tertiary/aromatic N) is 1. The van der Waals surface area contributed by atoms with Gasteiger partial charge >= 0.3 is 0 Å². The van der Waals surface area contributed by atoms with Gasteiger partial charge in [0.25, 0.3) is 0 Å². The molecule has 0 atom stereocenters. The van der Waals surface area contributed by atoms with Gasteiger partial charge in [-0.05, 0) is 36.5 Å². The van der Waals surface area contributed by atoms with E-state index in [1.165, 1.54) is 12.8 Å². The van der Waals surface area contributed by atoms with Crippen molar-refractivity contribution in [1.29, 1.82) is 0 Å². The van der Waals surface area contributed by atoms with Crippen LogP contribution in [0.3, 0.4) is 0 Å². The molecule has 1 rings (SSSR count). The average Bonchev–Trinajstić information content (AvgIpc) is 2.48. The second-order valence-electron chi connectivity index (χ2n) is 6.06. The highest BCUT2D eigenvalue weighted by Gasteiger charge is 2.16. The first kappa shape index (κ1) is 18.0. The largest absolute Gasteiger partial charge is 0.492 e. The van der Waals surface area contributed by atoms with Crippen LogP contribution in [0.25, 0.3) is 0 Å². The van der Waals surface area contributed by atoms with Gasteiger partial charge in [-0.1, -0.05) is 39.8 Å². The Labute approximate surface area is 130 Å². The van der Waals surface area contributed by atoms with E-state index in [4.69, 9.17) is 10.5 Å². The van der Waals surface area contributed by atoms with E-state index in [9.17, 15) is 0 Å². The van der Waals surface area contributed by atoms with E-state index < -0.39 is 0 Å². The molecule has 0 fully saturated rings. The second kappa shape index (κ2) is 9.80. The minimum atomic E-state index is 0.560. The number of rotatable bonds is 10. The van der Waals surface area contributed by atoms with Gasteiger partial charge in [-0.2, -0.15) is 0 Å². The van der Waals surface area contributed by atoms with Gasteiger partial charge < -0.3 is 10.5 Å². The first-order valence-corrected chi connectivity index (χ1v) is 8.26. The number of hydrogen-bond acceptors (Lipinski definition) is 3. The smallest absolute Gasteiger partial charge is 0.119 e. The van der Waals surface area contributed by atoms with Crippen molar-refractivity contribution in [3.8, 4) is 5.75 Å². The van der Waals surface area contributed by atoms with Crippen molar-refractivity contribution in [3.63, 3.8) is 0 Å². The first-order valence-electron chi connectivity index (χ1n) is 8.26. The molecule has 0 aliphatic rings. The Balaban J connectivity index is 2.51. The third-order valence-corrected chi connectivity index (χ3v) is 3.84. The van der Waals surface area contributed by atoms with Crippen LogP contribution < -0.4 is 10.5 Å². The number of nitrogens with two attached hydrogens (primary N) is 1. The van der Waals surface area contributed by atoms with Crippen molar-refractivity contribution in [2.45, 2.75) is 53.1 Å². The highest BCUT2D eigenvalue weighted by molar-refractivity contribution is 5.28. The van der Waals surface area contributed by atoms with Crippen molar-refractivity contribution in [2.75, 3.05) is 19.7 Å². The molecule has 2 N–H and O–H groups in total. The molecule has 0 aliphatic carbocycles. The van der Waals surface area contributed by atoms with Gasteiger partial charge in [-0.25, -0.2) is 0 Å². The molecular weight excluding hydrogens is 260 g/mol. The van der Waals surface area contributed by atoms with Gasteiger partial charge in [0.05, 0.1) is 0 Å². The molecule has 0 spiro atoms. The third kappa shape index (κ3) is 6.49. The Bertz CT molecular complexity index is 389. The van der Waals surface area contributed by atoms with E-state index in [0.717, 1.165) is 31.0 Å². The van der Waals surface area contributed by atoms with Crippen molar-refractivity contribution in [3.05, 3.63) is 29.8 Å². The fraction of sp³-hybridized carbons (Fsp3) is 0.667. The minimum Gasteiger partial charge on any atom is -0.492 e. The summed E-state index contributed by atoms with van der Waals surface area (Å²) in [6.45, 7) is 12.5. The zero-order valence-electron chi connectivity index (χ0n) is 14.1. The maximum absolute atomic E-state index is 5.90. The Hall–Kier alpha value is -1.06. The standard InChI is InChI=1S/C18H32N2O/c1-5-17(6-2)20(14-15(3)4)10-11-21-18-9-7-8-16(12-18)13-19/h7-9,12,15,17H,5-6,10-11,13-14,19H2,1-4H3. The maximum Gasteiger partial charge on any atom is 0.119 e. The van der Waals surface area contributed by atoms with Gasteiger partial charge in [-0.15, -0.1) is 0 Å². The van der Waals surface area contributed by atoms with Crippen LogP contribution in [-0.2, 0) is 6.54 Å². The van der Waals surface area contributed by atoms with Crippen molar-refractivity contribution in [2.24, 2.45) is 11.7 Å². The lowest BCUT2D eigenvalue weighted by Gasteiger charge is -2.31. The molecule has 0 heterocycles. The van der Waals surface area contributed by atoms with Gasteiger partial charge in [-0.3, -0.25) is 4.90 Å². The van der Waals surface area contributed by atoms with Crippen LogP contribution >= 0.6 is 0 Å². The number of hydrogen-bond donors (Lipinski definition) is 1. The third-order valence-electron chi connectivity index (χ3n) is 3.84. The minimum absolute atomic E-state index is 0.560. The Kier molecular flexibility index (Phi) is 8.40. The molecule has 3 nitrogen and oxygen atoms in total. The van der Waals surface area contributed by atoms with Gasteiger partial charge in [0.15, 0.2) is 0 Å². The van der Waals surface area contributed by atoms with Crippen LogP contribution in [0.2, 0.25) is 0 Å². The topological polar surface area (TPSA) is 38.5 Å². The fourth-order valence-electron chi connectivity index (χ4n) is 2.74. The van der Waals surface area contributed by atoms with Crippen LogP contribution in [0.5, 0.6) is 5.75 Å². The molecule has 0 bridgehead atoms. The van der Waals surface area contributed by atoms with E-state index >= 15 is 0 Å². The Morgan fingerprint density at radius 3 is 2.48 bits per heavy atom.